The van der Waals surface area contributed by atoms with Gasteiger partial charge in [-0.3, -0.25) is 4.79 Å². The zero-order valence-corrected chi connectivity index (χ0v) is 16.8. The Balaban J connectivity index is 1.43. The number of carbonyl (C=O) groups is 1. The lowest BCUT2D eigenvalue weighted by Gasteiger charge is -2.30. The van der Waals surface area contributed by atoms with E-state index in [1.807, 2.05) is 6.07 Å². The molecule has 30 heavy (non-hydrogen) atoms. The number of hydrogen-bond donors (Lipinski definition) is 2. The second kappa shape index (κ2) is 8.75. The van der Waals surface area contributed by atoms with Crippen LogP contribution < -0.4 is 19.8 Å². The number of amides is 1. The highest BCUT2D eigenvalue weighted by Crippen LogP contribution is 2.34. The minimum absolute atomic E-state index is 0.0815. The van der Waals surface area contributed by atoms with Crippen LogP contribution in [0.15, 0.2) is 36.4 Å². The quantitative estimate of drug-likeness (QED) is 0.538. The van der Waals surface area contributed by atoms with E-state index in [1.165, 1.54) is 4.90 Å². The molecule has 0 atom stereocenters. The van der Waals surface area contributed by atoms with Crippen molar-refractivity contribution in [1.29, 1.82) is 0 Å². The van der Waals surface area contributed by atoms with Crippen molar-refractivity contribution < 1.29 is 28.8 Å². The van der Waals surface area contributed by atoms with Gasteiger partial charge in [-0.1, -0.05) is 6.07 Å². The van der Waals surface area contributed by atoms with Gasteiger partial charge in [0.15, 0.2) is 6.61 Å². The minimum Gasteiger partial charge on any atom is -0.495 e. The van der Waals surface area contributed by atoms with Crippen molar-refractivity contribution in [2.24, 2.45) is 0 Å². The summed E-state index contributed by atoms with van der Waals surface area (Å²) in [6, 6.07) is 10.2. The molecule has 2 N–H and O–H groups in total. The predicted octanol–water partition coefficient (Wildman–Crippen LogP) is -0.0169. The molecule has 0 saturated carbocycles. The largest absolute Gasteiger partial charge is 0.495 e. The van der Waals surface area contributed by atoms with Crippen LogP contribution in [-0.2, 0) is 16.1 Å². The molecule has 2 heterocycles. The molecule has 1 amide bonds. The Labute approximate surface area is 175 Å². The molecule has 2 aliphatic rings. The van der Waals surface area contributed by atoms with Crippen LogP contribution >= 0.6 is 0 Å². The Morgan fingerprint density at radius 1 is 1.27 bits per heavy atom. The molecule has 0 aliphatic carbocycles. The van der Waals surface area contributed by atoms with Gasteiger partial charge in [-0.2, -0.15) is 0 Å². The van der Waals surface area contributed by atoms with Gasteiger partial charge in [0.25, 0.3) is 5.91 Å². The van der Waals surface area contributed by atoms with Crippen molar-refractivity contribution in [1.82, 2.24) is 4.90 Å². The Morgan fingerprint density at radius 3 is 2.77 bits per heavy atom. The minimum atomic E-state index is -0.897. The number of ether oxygens (including phenoxy) is 2. The zero-order valence-electron chi connectivity index (χ0n) is 16.8. The Bertz CT molecular complexity index is 985. The number of hydrogen-bond acceptors (Lipinski definition) is 5. The number of nitrogens with zero attached hydrogens (tertiary/aromatic N) is 2. The summed E-state index contributed by atoms with van der Waals surface area (Å²) in [6.07, 6.45) is 0. The first kappa shape index (κ1) is 20.2. The summed E-state index contributed by atoms with van der Waals surface area (Å²) in [7, 11) is 1.22. The molecule has 2 aromatic rings. The fraction of sp³-hybridized carbons (Fsp3) is 0.333. The maximum atomic E-state index is 12.4. The average molecular weight is 408 g/mol. The van der Waals surface area contributed by atoms with Gasteiger partial charge in [0.05, 0.1) is 46.4 Å². The fourth-order valence-electron chi connectivity index (χ4n) is 3.54. The van der Waals surface area contributed by atoms with E-state index in [-0.39, 0.29) is 12.5 Å². The van der Waals surface area contributed by atoms with Gasteiger partial charge in [0.2, 0.25) is 5.69 Å². The van der Waals surface area contributed by atoms with Crippen LogP contribution in [0.4, 0.5) is 5.69 Å². The van der Waals surface area contributed by atoms with Crippen molar-refractivity contribution in [3.63, 3.8) is 0 Å². The second-order valence-electron chi connectivity index (χ2n) is 7.49. The molecule has 0 bridgehead atoms. The summed E-state index contributed by atoms with van der Waals surface area (Å²) in [5.74, 6) is 1.31. The van der Waals surface area contributed by atoms with Crippen molar-refractivity contribution in [3.8, 4) is 17.2 Å². The van der Waals surface area contributed by atoms with E-state index in [1.54, 1.807) is 35.2 Å². The number of nitrogens with one attached hydrogen (secondary N) is 1. The maximum absolute atomic E-state index is 12.4. The van der Waals surface area contributed by atoms with Gasteiger partial charge in [-0.15, -0.1) is 0 Å². The topological polar surface area (TPSA) is 77.0 Å². The molecule has 154 valence electrons. The van der Waals surface area contributed by atoms with Crippen LogP contribution in [0, 0.1) is 6.57 Å². The first-order valence-corrected chi connectivity index (χ1v) is 9.87. The van der Waals surface area contributed by atoms with Crippen LogP contribution in [0.2, 0.25) is 0 Å². The van der Waals surface area contributed by atoms with Gasteiger partial charge in [-0.05, 0) is 35.3 Å². The normalized spacial score (nSPS) is 16.2. The summed E-state index contributed by atoms with van der Waals surface area (Å²) in [4.78, 5) is 19.1. The molecular weight excluding hydrogens is 385 g/mol. The lowest BCUT2D eigenvalue weighted by atomic mass is 9.80. The van der Waals surface area contributed by atoms with E-state index >= 15 is 0 Å². The lowest BCUT2D eigenvalue weighted by molar-refractivity contribution is -0.883. The van der Waals surface area contributed by atoms with Crippen LogP contribution in [-0.4, -0.2) is 62.8 Å². The first-order chi connectivity index (χ1) is 14.5. The maximum Gasteiger partial charge on any atom is 0.491 e. The monoisotopic (exact) mass is 408 g/mol. The summed E-state index contributed by atoms with van der Waals surface area (Å²) in [5, 5.41) is 9.73. The van der Waals surface area contributed by atoms with Crippen LogP contribution in [0.3, 0.4) is 0 Å². The van der Waals surface area contributed by atoms with E-state index < -0.39 is 7.12 Å². The van der Waals surface area contributed by atoms with Crippen LogP contribution in [0.1, 0.15) is 5.56 Å². The number of rotatable bonds is 5. The molecule has 9 heteroatoms. The molecule has 0 unspecified atom stereocenters. The Hall–Kier alpha value is -3.06. The third-order valence-electron chi connectivity index (χ3n) is 5.39. The van der Waals surface area contributed by atoms with E-state index in [0.717, 1.165) is 24.1 Å². The van der Waals surface area contributed by atoms with E-state index in [0.29, 0.717) is 42.6 Å². The number of piperazine rings is 1. The lowest BCUT2D eigenvalue weighted by Crippen LogP contribution is -3.12. The third-order valence-corrected chi connectivity index (χ3v) is 5.39. The highest BCUT2D eigenvalue weighted by atomic mass is 16.5. The summed E-state index contributed by atoms with van der Waals surface area (Å²) in [5.41, 5.74) is 1.93. The van der Waals surface area contributed by atoms with Gasteiger partial charge >= 0.3 is 7.12 Å². The standard InChI is InChI=1S/C21H22BN3O5/c1-23-19-6-4-17(30-16-3-5-18-15(11-16)13-29-22(18)27)12-20(19)28-14-21(26)25-9-7-24(2)8-10-25/h3-6,11-12,27H,7-10,13-14H2,2H3/p+1. The van der Waals surface area contributed by atoms with Crippen molar-refractivity contribution in [3.05, 3.63) is 53.4 Å². The van der Waals surface area contributed by atoms with Crippen molar-refractivity contribution >= 4 is 24.2 Å². The molecule has 1 saturated heterocycles. The fourth-order valence-corrected chi connectivity index (χ4v) is 3.54. The molecule has 4 rings (SSSR count). The van der Waals surface area contributed by atoms with E-state index in [4.69, 9.17) is 20.7 Å². The average Bonchev–Trinajstić information content (AvgIpc) is 3.13. The summed E-state index contributed by atoms with van der Waals surface area (Å²) < 4.78 is 16.8. The van der Waals surface area contributed by atoms with Gasteiger partial charge in [-0.25, -0.2) is 4.85 Å². The van der Waals surface area contributed by atoms with Crippen LogP contribution in [0.5, 0.6) is 17.2 Å². The molecule has 2 aliphatic heterocycles. The first-order valence-electron chi connectivity index (χ1n) is 9.87. The van der Waals surface area contributed by atoms with E-state index in [2.05, 4.69) is 11.9 Å². The van der Waals surface area contributed by atoms with Gasteiger partial charge in [0.1, 0.15) is 17.2 Å². The molecule has 0 spiro atoms. The Kier molecular flexibility index (Phi) is 5.90. The molecule has 2 aromatic carbocycles. The highest BCUT2D eigenvalue weighted by molar-refractivity contribution is 6.61. The number of likely N-dealkylation sites (N-methyl/N-ethyl adjacent to an activating group) is 1. The molecular formula is C21H23BN3O5+. The summed E-state index contributed by atoms with van der Waals surface area (Å²) >= 11 is 0. The zero-order chi connectivity index (χ0) is 21.1. The van der Waals surface area contributed by atoms with Crippen molar-refractivity contribution in [2.45, 2.75) is 6.61 Å². The highest BCUT2D eigenvalue weighted by Gasteiger charge is 2.27. The van der Waals surface area contributed by atoms with Crippen LogP contribution in [0.25, 0.3) is 4.85 Å². The second-order valence-corrected chi connectivity index (χ2v) is 7.49. The predicted molar refractivity (Wildman–Crippen MR) is 110 cm³/mol. The molecule has 8 nitrogen and oxygen atoms in total. The number of carbonyl (C=O) groups excluding carboxylic acids is 1. The molecule has 0 aromatic heterocycles. The third kappa shape index (κ3) is 4.41. The van der Waals surface area contributed by atoms with Crippen molar-refractivity contribution in [2.75, 3.05) is 39.8 Å². The number of quaternary nitrogens is 1. The smallest absolute Gasteiger partial charge is 0.491 e. The number of fused-ring (bicyclic) bond motifs is 1. The van der Waals surface area contributed by atoms with E-state index in [9.17, 15) is 9.82 Å². The Morgan fingerprint density at radius 2 is 2.00 bits per heavy atom. The SMILES string of the molecule is [C-]#[N+]c1ccc(Oc2ccc3c(c2)COB3O)cc1OCC(=O)N1CC[NH+](C)CC1. The summed E-state index contributed by atoms with van der Waals surface area (Å²) in [6.45, 7) is 10.8. The molecule has 1 fully saturated rings. The molecule has 0 radical (unpaired) electrons. The van der Waals surface area contributed by atoms with Gasteiger partial charge < -0.3 is 29.0 Å². The number of benzene rings is 2. The van der Waals surface area contributed by atoms with Gasteiger partial charge in [0, 0.05) is 6.07 Å².